The fraction of sp³-hybridized carbons (Fsp3) is 0.452. The number of imidazole rings is 1. The maximum absolute atomic E-state index is 13.6. The quantitative estimate of drug-likeness (QED) is 0.355. The molecule has 2 aromatic carbocycles. The zero-order chi connectivity index (χ0) is 32.4. The molecule has 3 aromatic rings. The molecule has 3 heterocycles. The topological polar surface area (TPSA) is 76.9 Å². The van der Waals surface area contributed by atoms with Crippen molar-refractivity contribution in [2.24, 2.45) is 0 Å². The number of halogens is 2. The molecule has 0 saturated heterocycles. The minimum atomic E-state index is -3.15. The Morgan fingerprint density at radius 1 is 1.20 bits per heavy atom. The monoisotopic (exact) mass is 567 g/mol. The van der Waals surface area contributed by atoms with Crippen LogP contribution in [0.3, 0.4) is 0 Å². The largest absolute Gasteiger partial charge is 0.444 e. The van der Waals surface area contributed by atoms with Gasteiger partial charge in [0.1, 0.15) is 17.2 Å². The molecule has 0 fully saturated rings. The van der Waals surface area contributed by atoms with E-state index in [9.17, 15) is 18.4 Å². The molecule has 0 radical (unpaired) electrons. The summed E-state index contributed by atoms with van der Waals surface area (Å²) in [6, 6.07) is 7.80. The first-order valence-electron chi connectivity index (χ1n) is 14.8. The number of hydrogen-bond donors (Lipinski definition) is 0. The third kappa shape index (κ3) is 5.33. The van der Waals surface area contributed by atoms with Gasteiger partial charge < -0.3 is 18.9 Å². The van der Waals surface area contributed by atoms with Gasteiger partial charge in [0.25, 0.3) is 5.91 Å². The van der Waals surface area contributed by atoms with Crippen LogP contribution >= 0.6 is 0 Å². The fourth-order valence-corrected chi connectivity index (χ4v) is 5.30. The maximum atomic E-state index is 13.6. The van der Waals surface area contributed by atoms with Gasteiger partial charge in [-0.2, -0.15) is 8.78 Å². The van der Waals surface area contributed by atoms with Crippen molar-refractivity contribution in [2.45, 2.75) is 77.8 Å². The van der Waals surface area contributed by atoms with Crippen molar-refractivity contribution in [3.63, 3.8) is 0 Å². The molecule has 2 aliphatic heterocycles. The van der Waals surface area contributed by atoms with Crippen molar-refractivity contribution >= 4 is 23.0 Å². The fourth-order valence-electron chi connectivity index (χ4n) is 5.30. The van der Waals surface area contributed by atoms with E-state index in [0.717, 1.165) is 4.90 Å². The summed E-state index contributed by atoms with van der Waals surface area (Å²) in [6.07, 6.45) is -0.369. The average Bonchev–Trinajstić information content (AvgIpc) is 3.36. The smallest absolute Gasteiger partial charge is 0.411 e. The van der Waals surface area contributed by atoms with Gasteiger partial charge in [0.15, 0.2) is 0 Å². The van der Waals surface area contributed by atoms with E-state index < -0.39 is 48.8 Å². The van der Waals surface area contributed by atoms with Crippen LogP contribution in [-0.2, 0) is 4.74 Å². The second-order valence-corrected chi connectivity index (χ2v) is 12.1. The maximum Gasteiger partial charge on any atom is 0.411 e. The number of nitrogens with zero attached hydrogens (tertiary/aromatic N) is 4. The normalized spacial score (nSPS) is 19.4. The number of benzene rings is 2. The van der Waals surface area contributed by atoms with Gasteiger partial charge >= 0.3 is 12.7 Å². The minimum Gasteiger partial charge on any atom is -0.444 e. The Balaban J connectivity index is 1.59. The highest BCUT2D eigenvalue weighted by atomic mass is 19.3. The van der Waals surface area contributed by atoms with E-state index >= 15 is 0 Å². The number of carbonyl (C=O) groups is 2. The second-order valence-electron chi connectivity index (χ2n) is 12.1. The molecule has 5 rings (SSSR count). The molecule has 0 N–H and O–H groups in total. The summed E-state index contributed by atoms with van der Waals surface area (Å²) in [5, 5.41) is 0. The van der Waals surface area contributed by atoms with E-state index in [1.54, 1.807) is 43.5 Å². The van der Waals surface area contributed by atoms with Crippen molar-refractivity contribution in [1.29, 1.82) is 0 Å². The lowest BCUT2D eigenvalue weighted by molar-refractivity contribution is -0.0507. The summed E-state index contributed by atoms with van der Waals surface area (Å²) in [5.74, 6) is 5.47. The van der Waals surface area contributed by atoms with Crippen LogP contribution < -0.4 is 4.74 Å². The molecule has 216 valence electrons. The number of alkyl halides is 2. The molecule has 41 heavy (non-hydrogen) atoms. The summed E-state index contributed by atoms with van der Waals surface area (Å²) in [4.78, 5) is 33.5. The van der Waals surface area contributed by atoms with Gasteiger partial charge in [-0.05, 0) is 71.9 Å². The van der Waals surface area contributed by atoms with Crippen LogP contribution in [0.5, 0.6) is 5.75 Å². The Bertz CT molecular complexity index is 1700. The van der Waals surface area contributed by atoms with Crippen LogP contribution in [0.25, 0.3) is 11.0 Å². The van der Waals surface area contributed by atoms with Crippen molar-refractivity contribution in [3.05, 3.63) is 58.9 Å². The average molecular weight is 568 g/mol. The standard InChI is InChI=1S/C31H34F2N4O4/c1-30(2,3)36(29(39)41-31(4,5)6)15-9-10-18-13-14-20-21(16-18)37-22-17-23(26(37)34-20)35(7)27(38)19-11-8-12-24(25(19)22)40-28(32)33/h8,11-14,16,22-23,28H,15,17H2,1-7H3/t22-,23-/m1/s1/i7D3. The molecule has 0 aliphatic carbocycles. The van der Waals surface area contributed by atoms with Gasteiger partial charge in [-0.15, -0.1) is 0 Å². The van der Waals surface area contributed by atoms with E-state index in [1.165, 1.54) is 23.1 Å². The molecule has 0 spiro atoms. The predicted molar refractivity (Wildman–Crippen MR) is 150 cm³/mol. The summed E-state index contributed by atoms with van der Waals surface area (Å²) in [7, 11) is 0. The molecule has 0 unspecified atom stereocenters. The zero-order valence-corrected chi connectivity index (χ0v) is 23.8. The summed E-state index contributed by atoms with van der Waals surface area (Å²) < 4.78 is 63.5. The molecule has 2 amide bonds. The highest BCUT2D eigenvalue weighted by molar-refractivity contribution is 5.97. The van der Waals surface area contributed by atoms with Gasteiger partial charge in [-0.3, -0.25) is 9.69 Å². The number of hydrogen-bond acceptors (Lipinski definition) is 5. The van der Waals surface area contributed by atoms with E-state index in [4.69, 9.17) is 18.6 Å². The number of carbonyl (C=O) groups excluding carboxylic acids is 2. The Kier molecular flexibility index (Phi) is 6.04. The van der Waals surface area contributed by atoms with Crippen LogP contribution in [0.15, 0.2) is 36.4 Å². The van der Waals surface area contributed by atoms with Gasteiger partial charge in [0.2, 0.25) is 0 Å². The van der Waals surface area contributed by atoms with Crippen molar-refractivity contribution in [2.75, 3.05) is 13.5 Å². The van der Waals surface area contributed by atoms with Crippen LogP contribution in [0.2, 0.25) is 0 Å². The van der Waals surface area contributed by atoms with Crippen LogP contribution in [-0.4, -0.2) is 62.6 Å². The number of amides is 2. The van der Waals surface area contributed by atoms with Gasteiger partial charge in [-0.25, -0.2) is 9.78 Å². The number of rotatable bonds is 3. The van der Waals surface area contributed by atoms with Crippen LogP contribution in [0.1, 0.15) is 91.5 Å². The van der Waals surface area contributed by atoms with E-state index in [2.05, 4.69) is 11.8 Å². The van der Waals surface area contributed by atoms with E-state index in [0.29, 0.717) is 22.4 Å². The van der Waals surface area contributed by atoms with Gasteiger partial charge in [0.05, 0.1) is 29.7 Å². The molecule has 8 nitrogen and oxygen atoms in total. The first-order chi connectivity index (χ1) is 20.4. The minimum absolute atomic E-state index is 0.0142. The second kappa shape index (κ2) is 10.1. The highest BCUT2D eigenvalue weighted by Gasteiger charge is 2.45. The Hall–Kier alpha value is -4.13. The molecule has 1 aromatic heterocycles. The highest BCUT2D eigenvalue weighted by Crippen LogP contribution is 2.50. The van der Waals surface area contributed by atoms with Crippen LogP contribution in [0.4, 0.5) is 13.6 Å². The Morgan fingerprint density at radius 2 is 1.95 bits per heavy atom. The third-order valence-electron chi connectivity index (χ3n) is 7.04. The molecular weight excluding hydrogens is 530 g/mol. The molecule has 2 atom stereocenters. The number of fused-ring (bicyclic) bond motifs is 9. The van der Waals surface area contributed by atoms with E-state index in [-0.39, 0.29) is 29.8 Å². The van der Waals surface area contributed by atoms with Crippen molar-refractivity contribution < 1.29 is 32.0 Å². The van der Waals surface area contributed by atoms with Gasteiger partial charge in [0, 0.05) is 39.7 Å². The van der Waals surface area contributed by atoms with Crippen molar-refractivity contribution in [1.82, 2.24) is 19.4 Å². The Morgan fingerprint density at radius 3 is 2.61 bits per heavy atom. The molecule has 0 saturated carbocycles. The number of ether oxygens (including phenoxy) is 2. The Labute approximate surface area is 242 Å². The lowest BCUT2D eigenvalue weighted by atomic mass is 9.97. The first-order valence-corrected chi connectivity index (χ1v) is 13.3. The third-order valence-corrected chi connectivity index (χ3v) is 7.04. The van der Waals surface area contributed by atoms with Crippen molar-refractivity contribution in [3.8, 4) is 17.6 Å². The number of aromatic nitrogens is 2. The first kappa shape index (κ1) is 24.6. The summed E-state index contributed by atoms with van der Waals surface area (Å²) in [6.45, 7) is 5.18. The molecular formula is C31H34F2N4O4. The van der Waals surface area contributed by atoms with Crippen LogP contribution in [0, 0.1) is 11.8 Å². The summed E-state index contributed by atoms with van der Waals surface area (Å²) >= 11 is 0. The molecule has 2 aliphatic rings. The lowest BCUT2D eigenvalue weighted by Crippen LogP contribution is -2.48. The zero-order valence-electron chi connectivity index (χ0n) is 26.8. The predicted octanol–water partition coefficient (Wildman–Crippen LogP) is 6.14. The lowest BCUT2D eigenvalue weighted by Gasteiger charge is -2.35. The summed E-state index contributed by atoms with van der Waals surface area (Å²) in [5.41, 5.74) is 0.661. The van der Waals surface area contributed by atoms with Gasteiger partial charge in [-0.1, -0.05) is 17.9 Å². The SMILES string of the molecule is [2H]C([2H])([2H])N1C(=O)c2cccc(OC(F)F)c2[C@H]2C[C@@H]1c1nc3ccc(C#CCN(C(=O)OC(C)(C)C)C(C)(C)C)cc3n12. The molecule has 2 bridgehead atoms. The van der Waals surface area contributed by atoms with E-state index in [1.807, 2.05) is 20.8 Å². The molecule has 10 heteroatoms.